The summed E-state index contributed by atoms with van der Waals surface area (Å²) in [5.74, 6) is -0.161. The second-order valence-corrected chi connectivity index (χ2v) is 9.19. The van der Waals surface area contributed by atoms with Crippen LogP contribution in [0.4, 0.5) is 5.69 Å². The molecule has 1 saturated heterocycles. The highest BCUT2D eigenvalue weighted by Gasteiger charge is 2.24. The Balaban J connectivity index is 1.44. The Hall–Kier alpha value is -1.53. The lowest BCUT2D eigenvalue weighted by atomic mass is 10.0. The van der Waals surface area contributed by atoms with E-state index in [4.69, 9.17) is 34.8 Å². The van der Waals surface area contributed by atoms with E-state index in [1.165, 1.54) is 11.3 Å². The highest BCUT2D eigenvalue weighted by Crippen LogP contribution is 2.32. The van der Waals surface area contributed by atoms with Gasteiger partial charge in [-0.2, -0.15) is 0 Å². The minimum absolute atomic E-state index is 0.117. The lowest BCUT2D eigenvalue weighted by Crippen LogP contribution is -2.44. The zero-order chi connectivity index (χ0) is 19.0. The van der Waals surface area contributed by atoms with E-state index in [-0.39, 0.29) is 11.9 Å². The molecule has 0 aliphatic carbocycles. The molecule has 0 radical (unpaired) electrons. The number of nitrogens with one attached hydrogen (secondary N) is 1. The summed E-state index contributed by atoms with van der Waals surface area (Å²) in [7, 11) is 0. The van der Waals surface area contributed by atoms with Crippen LogP contribution >= 0.6 is 46.1 Å². The minimum Gasteiger partial charge on any atom is -0.371 e. The van der Waals surface area contributed by atoms with Gasteiger partial charge >= 0.3 is 0 Å². The molecule has 4 nitrogen and oxygen atoms in total. The van der Waals surface area contributed by atoms with E-state index >= 15 is 0 Å². The second-order valence-electron chi connectivity index (χ2n) is 6.46. The van der Waals surface area contributed by atoms with Gasteiger partial charge < -0.3 is 10.2 Å². The van der Waals surface area contributed by atoms with Crippen LogP contribution in [0.1, 0.15) is 23.2 Å². The van der Waals surface area contributed by atoms with E-state index in [1.807, 2.05) is 30.5 Å². The fourth-order valence-electron chi connectivity index (χ4n) is 3.40. The number of nitrogens with zero attached hydrogens (tertiary/aromatic N) is 2. The van der Waals surface area contributed by atoms with Gasteiger partial charge in [0.2, 0.25) is 0 Å². The standard InChI is InChI=1S/C19H16Cl3N3OS/c20-11-1-2-13-15(9-11)23-6-3-16(13)25-7-4-12(5-8-25)24-19(26)14-10-17(21)27-18(14)22/h1-3,6,9-10,12H,4-5,7-8H2,(H,24,26). The first kappa shape index (κ1) is 18.8. The number of anilines is 1. The van der Waals surface area contributed by atoms with Crippen LogP contribution in [-0.2, 0) is 0 Å². The van der Waals surface area contributed by atoms with E-state index < -0.39 is 0 Å². The van der Waals surface area contributed by atoms with Crippen LogP contribution in [0, 0.1) is 0 Å². The topological polar surface area (TPSA) is 45.2 Å². The summed E-state index contributed by atoms with van der Waals surface area (Å²) in [4.78, 5) is 19.2. The Morgan fingerprint density at radius 3 is 2.63 bits per heavy atom. The van der Waals surface area contributed by atoms with Crippen LogP contribution in [0.15, 0.2) is 36.5 Å². The smallest absolute Gasteiger partial charge is 0.253 e. The number of fused-ring (bicyclic) bond motifs is 1. The average Bonchev–Trinajstić information content (AvgIpc) is 3.00. The lowest BCUT2D eigenvalue weighted by Gasteiger charge is -2.34. The Bertz CT molecular complexity index is 999. The Labute approximate surface area is 176 Å². The van der Waals surface area contributed by atoms with Gasteiger partial charge in [-0.05, 0) is 43.2 Å². The van der Waals surface area contributed by atoms with Crippen molar-refractivity contribution in [3.8, 4) is 0 Å². The van der Waals surface area contributed by atoms with Gasteiger partial charge in [-0.1, -0.05) is 34.8 Å². The van der Waals surface area contributed by atoms with Crippen molar-refractivity contribution in [1.82, 2.24) is 10.3 Å². The first-order chi connectivity index (χ1) is 13.0. The van der Waals surface area contributed by atoms with E-state index in [0.717, 1.165) is 42.5 Å². The van der Waals surface area contributed by atoms with Crippen LogP contribution in [-0.4, -0.2) is 30.0 Å². The molecule has 3 aromatic rings. The molecule has 3 heterocycles. The maximum Gasteiger partial charge on any atom is 0.253 e. The summed E-state index contributed by atoms with van der Waals surface area (Å²) in [6.07, 6.45) is 3.53. The van der Waals surface area contributed by atoms with Crippen molar-refractivity contribution >= 4 is 68.6 Å². The molecule has 1 fully saturated rings. The maximum absolute atomic E-state index is 12.4. The van der Waals surface area contributed by atoms with E-state index in [0.29, 0.717) is 19.3 Å². The fraction of sp³-hybridized carbons (Fsp3) is 0.263. The van der Waals surface area contributed by atoms with Gasteiger partial charge in [0.15, 0.2) is 0 Å². The molecule has 2 aromatic heterocycles. The van der Waals surface area contributed by atoms with Crippen LogP contribution in [0.3, 0.4) is 0 Å². The number of piperidine rings is 1. The molecule has 0 saturated carbocycles. The number of carbonyl (C=O) groups is 1. The molecule has 0 spiro atoms. The number of rotatable bonds is 3. The molecular weight excluding hydrogens is 425 g/mol. The van der Waals surface area contributed by atoms with Gasteiger partial charge in [0.1, 0.15) is 4.34 Å². The Morgan fingerprint density at radius 2 is 1.93 bits per heavy atom. The number of carbonyl (C=O) groups excluding carboxylic acids is 1. The zero-order valence-electron chi connectivity index (χ0n) is 14.2. The summed E-state index contributed by atoms with van der Waals surface area (Å²) >= 11 is 19.3. The van der Waals surface area contributed by atoms with Crippen molar-refractivity contribution in [2.75, 3.05) is 18.0 Å². The molecule has 0 unspecified atom stereocenters. The number of amides is 1. The third-order valence-electron chi connectivity index (χ3n) is 4.75. The average molecular weight is 441 g/mol. The molecule has 1 aromatic carbocycles. The van der Waals surface area contributed by atoms with Crippen molar-refractivity contribution in [3.63, 3.8) is 0 Å². The Kier molecular flexibility index (Phi) is 5.46. The summed E-state index contributed by atoms with van der Waals surface area (Å²) in [5.41, 5.74) is 2.49. The summed E-state index contributed by atoms with van der Waals surface area (Å²) in [6.45, 7) is 1.70. The van der Waals surface area contributed by atoms with Crippen LogP contribution in [0.5, 0.6) is 0 Å². The van der Waals surface area contributed by atoms with Gasteiger partial charge in [0, 0.05) is 41.4 Å². The number of hydrogen-bond donors (Lipinski definition) is 1. The zero-order valence-corrected chi connectivity index (χ0v) is 17.3. The molecule has 1 amide bonds. The largest absolute Gasteiger partial charge is 0.371 e. The van der Waals surface area contributed by atoms with E-state index in [1.54, 1.807) is 6.07 Å². The molecule has 1 aliphatic rings. The van der Waals surface area contributed by atoms with Crippen molar-refractivity contribution in [1.29, 1.82) is 0 Å². The molecule has 0 atom stereocenters. The third kappa shape index (κ3) is 4.02. The van der Waals surface area contributed by atoms with Gasteiger partial charge in [0.05, 0.1) is 15.4 Å². The minimum atomic E-state index is -0.161. The number of hydrogen-bond acceptors (Lipinski definition) is 4. The highest BCUT2D eigenvalue weighted by molar-refractivity contribution is 7.20. The SMILES string of the molecule is O=C(NC1CCN(c2ccnc3cc(Cl)ccc23)CC1)c1cc(Cl)sc1Cl. The number of benzene rings is 1. The first-order valence-electron chi connectivity index (χ1n) is 8.56. The van der Waals surface area contributed by atoms with Gasteiger partial charge in [0.25, 0.3) is 5.91 Å². The number of halogens is 3. The van der Waals surface area contributed by atoms with Crippen molar-refractivity contribution in [2.24, 2.45) is 0 Å². The second kappa shape index (κ2) is 7.84. The molecule has 8 heteroatoms. The Morgan fingerprint density at radius 1 is 1.15 bits per heavy atom. The van der Waals surface area contributed by atoms with E-state index in [2.05, 4.69) is 15.2 Å². The van der Waals surface area contributed by atoms with E-state index in [9.17, 15) is 4.79 Å². The van der Waals surface area contributed by atoms with Crippen LogP contribution in [0.2, 0.25) is 13.7 Å². The number of pyridine rings is 1. The van der Waals surface area contributed by atoms with Crippen LogP contribution < -0.4 is 10.2 Å². The number of thiophene rings is 1. The fourth-order valence-corrected chi connectivity index (χ4v) is 5.03. The molecule has 1 N–H and O–H groups in total. The summed E-state index contributed by atoms with van der Waals surface area (Å²) in [5, 5.41) is 4.84. The normalized spacial score (nSPS) is 15.3. The molecule has 1 aliphatic heterocycles. The summed E-state index contributed by atoms with van der Waals surface area (Å²) in [6, 6.07) is 9.54. The van der Waals surface area contributed by atoms with Gasteiger partial charge in [-0.25, -0.2) is 0 Å². The summed E-state index contributed by atoms with van der Waals surface area (Å²) < 4.78 is 0.946. The highest BCUT2D eigenvalue weighted by atomic mass is 35.5. The van der Waals surface area contributed by atoms with Crippen molar-refractivity contribution in [2.45, 2.75) is 18.9 Å². The number of aromatic nitrogens is 1. The van der Waals surface area contributed by atoms with Gasteiger partial charge in [-0.3, -0.25) is 9.78 Å². The third-order valence-corrected chi connectivity index (χ3v) is 6.48. The van der Waals surface area contributed by atoms with Gasteiger partial charge in [-0.15, -0.1) is 11.3 Å². The van der Waals surface area contributed by atoms with Crippen molar-refractivity contribution < 1.29 is 4.79 Å². The predicted octanol–water partition coefficient (Wildman–Crippen LogP) is 5.66. The molecule has 27 heavy (non-hydrogen) atoms. The monoisotopic (exact) mass is 439 g/mol. The quantitative estimate of drug-likeness (QED) is 0.572. The molecule has 140 valence electrons. The first-order valence-corrected chi connectivity index (χ1v) is 10.5. The maximum atomic E-state index is 12.4. The van der Waals surface area contributed by atoms with Crippen molar-refractivity contribution in [3.05, 3.63) is 55.8 Å². The molecular formula is C19H16Cl3N3OS. The molecule has 4 rings (SSSR count). The predicted molar refractivity (Wildman–Crippen MR) is 114 cm³/mol. The van der Waals surface area contributed by atoms with Crippen LogP contribution in [0.25, 0.3) is 10.9 Å². The lowest BCUT2D eigenvalue weighted by molar-refractivity contribution is 0.0931. The molecule has 0 bridgehead atoms.